The number of likely N-dealkylation sites (tertiary alicyclic amines) is 1. The van der Waals surface area contributed by atoms with Crippen LogP contribution in [-0.4, -0.2) is 56.7 Å². The van der Waals surface area contributed by atoms with E-state index in [1.165, 1.54) is 39.3 Å². The van der Waals surface area contributed by atoms with E-state index in [9.17, 15) is 4.79 Å². The Morgan fingerprint density at radius 2 is 1.83 bits per heavy atom. The van der Waals surface area contributed by atoms with Crippen LogP contribution in [-0.2, 0) is 14.3 Å². The third-order valence-electron chi connectivity index (χ3n) is 3.51. The summed E-state index contributed by atoms with van der Waals surface area (Å²) < 4.78 is 10.6. The molecular formula is C14H27NO3. The van der Waals surface area contributed by atoms with Crippen molar-refractivity contribution < 1.29 is 14.3 Å². The van der Waals surface area contributed by atoms with Crippen molar-refractivity contribution in [2.24, 2.45) is 5.92 Å². The Morgan fingerprint density at radius 1 is 1.17 bits per heavy atom. The SMILES string of the molecule is CCC1CCN(CCOCCOCC(C)=O)CC1. The van der Waals surface area contributed by atoms with Crippen LogP contribution in [0.15, 0.2) is 0 Å². The maximum atomic E-state index is 10.6. The third-order valence-corrected chi connectivity index (χ3v) is 3.51. The van der Waals surface area contributed by atoms with Crippen molar-refractivity contribution in [2.45, 2.75) is 33.1 Å². The van der Waals surface area contributed by atoms with Crippen molar-refractivity contribution in [1.82, 2.24) is 4.90 Å². The molecule has 0 amide bonds. The number of Topliss-reactive ketones (excluding diaryl/α,β-unsaturated/α-hetero) is 1. The topological polar surface area (TPSA) is 38.8 Å². The standard InChI is InChI=1S/C14H27NO3/c1-3-14-4-6-15(7-5-14)8-9-17-10-11-18-12-13(2)16/h14H,3-12H2,1-2H3. The van der Waals surface area contributed by atoms with Gasteiger partial charge in [0.15, 0.2) is 5.78 Å². The van der Waals surface area contributed by atoms with Crippen LogP contribution in [0.4, 0.5) is 0 Å². The van der Waals surface area contributed by atoms with Crippen LogP contribution in [0.3, 0.4) is 0 Å². The van der Waals surface area contributed by atoms with Gasteiger partial charge in [-0.25, -0.2) is 0 Å². The van der Waals surface area contributed by atoms with E-state index >= 15 is 0 Å². The van der Waals surface area contributed by atoms with Crippen molar-refractivity contribution in [2.75, 3.05) is 46.1 Å². The normalized spacial score (nSPS) is 18.1. The zero-order valence-corrected chi connectivity index (χ0v) is 11.8. The molecule has 1 fully saturated rings. The van der Waals surface area contributed by atoms with E-state index < -0.39 is 0 Å². The van der Waals surface area contributed by atoms with Gasteiger partial charge in [0.25, 0.3) is 0 Å². The van der Waals surface area contributed by atoms with Crippen molar-refractivity contribution in [3.63, 3.8) is 0 Å². The Labute approximate surface area is 111 Å². The third kappa shape index (κ3) is 7.09. The van der Waals surface area contributed by atoms with E-state index in [0.717, 1.165) is 19.1 Å². The number of carbonyl (C=O) groups excluding carboxylic acids is 1. The quantitative estimate of drug-likeness (QED) is 0.590. The Kier molecular flexibility index (Phi) is 8.22. The first-order valence-corrected chi connectivity index (χ1v) is 7.09. The number of piperidine rings is 1. The number of ether oxygens (including phenoxy) is 2. The number of carbonyl (C=O) groups is 1. The molecule has 0 aromatic rings. The molecule has 1 heterocycles. The fourth-order valence-corrected chi connectivity index (χ4v) is 2.25. The van der Waals surface area contributed by atoms with Gasteiger partial charge in [-0.05, 0) is 38.8 Å². The molecule has 1 rings (SSSR count). The van der Waals surface area contributed by atoms with Gasteiger partial charge in [-0.15, -0.1) is 0 Å². The van der Waals surface area contributed by atoms with Gasteiger partial charge in [-0.1, -0.05) is 13.3 Å². The maximum absolute atomic E-state index is 10.6. The average Bonchev–Trinajstić information content (AvgIpc) is 2.38. The average molecular weight is 257 g/mol. The number of rotatable bonds is 9. The van der Waals surface area contributed by atoms with Gasteiger partial charge in [0, 0.05) is 6.54 Å². The maximum Gasteiger partial charge on any atom is 0.155 e. The molecule has 4 heteroatoms. The number of nitrogens with zero attached hydrogens (tertiary/aromatic N) is 1. The van der Waals surface area contributed by atoms with Gasteiger partial charge in [0.2, 0.25) is 0 Å². The van der Waals surface area contributed by atoms with E-state index in [2.05, 4.69) is 11.8 Å². The molecule has 106 valence electrons. The van der Waals surface area contributed by atoms with Gasteiger partial charge in [-0.3, -0.25) is 4.79 Å². The Balaban J connectivity index is 1.88. The van der Waals surface area contributed by atoms with Crippen LogP contribution in [0.1, 0.15) is 33.1 Å². The largest absolute Gasteiger partial charge is 0.378 e. The Morgan fingerprint density at radius 3 is 2.44 bits per heavy atom. The van der Waals surface area contributed by atoms with E-state index in [1.54, 1.807) is 0 Å². The first kappa shape index (κ1) is 15.6. The highest BCUT2D eigenvalue weighted by Crippen LogP contribution is 2.19. The molecule has 4 nitrogen and oxygen atoms in total. The highest BCUT2D eigenvalue weighted by Gasteiger charge is 2.16. The minimum Gasteiger partial charge on any atom is -0.378 e. The summed E-state index contributed by atoms with van der Waals surface area (Å²) >= 11 is 0. The van der Waals surface area contributed by atoms with Gasteiger partial charge in [-0.2, -0.15) is 0 Å². The van der Waals surface area contributed by atoms with Crippen LogP contribution < -0.4 is 0 Å². The molecule has 0 bridgehead atoms. The second-order valence-electron chi connectivity index (χ2n) is 5.06. The zero-order valence-electron chi connectivity index (χ0n) is 11.8. The second-order valence-corrected chi connectivity index (χ2v) is 5.06. The van der Waals surface area contributed by atoms with Crippen LogP contribution >= 0.6 is 0 Å². The van der Waals surface area contributed by atoms with Crippen LogP contribution in [0, 0.1) is 5.92 Å². The molecule has 1 aliphatic rings. The van der Waals surface area contributed by atoms with Crippen molar-refractivity contribution in [3.8, 4) is 0 Å². The van der Waals surface area contributed by atoms with Crippen molar-refractivity contribution in [1.29, 1.82) is 0 Å². The lowest BCUT2D eigenvalue weighted by Gasteiger charge is -2.31. The zero-order chi connectivity index (χ0) is 13.2. The summed E-state index contributed by atoms with van der Waals surface area (Å²) in [6.07, 6.45) is 3.98. The van der Waals surface area contributed by atoms with E-state index in [-0.39, 0.29) is 12.4 Å². The molecule has 1 aliphatic heterocycles. The van der Waals surface area contributed by atoms with Crippen LogP contribution in [0.2, 0.25) is 0 Å². The van der Waals surface area contributed by atoms with E-state index in [4.69, 9.17) is 9.47 Å². The molecule has 0 aromatic carbocycles. The second kappa shape index (κ2) is 9.48. The molecule has 0 radical (unpaired) electrons. The lowest BCUT2D eigenvalue weighted by atomic mass is 9.94. The molecule has 0 spiro atoms. The molecule has 0 saturated carbocycles. The first-order valence-electron chi connectivity index (χ1n) is 7.09. The van der Waals surface area contributed by atoms with Gasteiger partial charge in [0.05, 0.1) is 19.8 Å². The summed E-state index contributed by atoms with van der Waals surface area (Å²) in [4.78, 5) is 13.1. The number of hydrogen-bond acceptors (Lipinski definition) is 4. The van der Waals surface area contributed by atoms with Gasteiger partial charge in [0.1, 0.15) is 6.61 Å². The summed E-state index contributed by atoms with van der Waals surface area (Å²) in [5, 5.41) is 0. The van der Waals surface area contributed by atoms with Gasteiger partial charge < -0.3 is 14.4 Å². The minimum atomic E-state index is 0.0637. The molecular weight excluding hydrogens is 230 g/mol. The molecule has 0 aliphatic carbocycles. The van der Waals surface area contributed by atoms with Crippen molar-refractivity contribution >= 4 is 5.78 Å². The van der Waals surface area contributed by atoms with Crippen LogP contribution in [0.25, 0.3) is 0 Å². The molecule has 18 heavy (non-hydrogen) atoms. The monoisotopic (exact) mass is 257 g/mol. The molecule has 1 saturated heterocycles. The van der Waals surface area contributed by atoms with Gasteiger partial charge >= 0.3 is 0 Å². The van der Waals surface area contributed by atoms with Crippen LogP contribution in [0.5, 0.6) is 0 Å². The predicted octanol–water partition coefficient (Wildman–Crippen LogP) is 1.73. The summed E-state index contributed by atoms with van der Waals surface area (Å²) in [5.41, 5.74) is 0. The first-order chi connectivity index (χ1) is 8.72. The van der Waals surface area contributed by atoms with Crippen molar-refractivity contribution in [3.05, 3.63) is 0 Å². The van der Waals surface area contributed by atoms with E-state index in [0.29, 0.717) is 13.2 Å². The highest BCUT2D eigenvalue weighted by atomic mass is 16.5. The van der Waals surface area contributed by atoms with E-state index in [1.807, 2.05) is 0 Å². The Bertz CT molecular complexity index is 225. The fraction of sp³-hybridized carbons (Fsp3) is 0.929. The fourth-order valence-electron chi connectivity index (χ4n) is 2.25. The molecule has 0 aromatic heterocycles. The summed E-state index contributed by atoms with van der Waals surface area (Å²) in [6, 6.07) is 0. The molecule has 0 atom stereocenters. The summed E-state index contributed by atoms with van der Waals surface area (Å²) in [7, 11) is 0. The number of ketones is 1. The molecule has 0 N–H and O–H groups in total. The Hall–Kier alpha value is -0.450. The lowest BCUT2D eigenvalue weighted by Crippen LogP contribution is -2.36. The summed E-state index contributed by atoms with van der Waals surface area (Å²) in [6.45, 7) is 9.31. The highest BCUT2D eigenvalue weighted by molar-refractivity contribution is 5.76. The lowest BCUT2D eigenvalue weighted by molar-refractivity contribution is -0.122. The number of hydrogen-bond donors (Lipinski definition) is 0. The summed E-state index contributed by atoms with van der Waals surface area (Å²) in [5.74, 6) is 0.996. The smallest absolute Gasteiger partial charge is 0.155 e. The predicted molar refractivity (Wildman–Crippen MR) is 71.8 cm³/mol. The molecule has 0 unspecified atom stereocenters. The minimum absolute atomic E-state index is 0.0637.